The third kappa shape index (κ3) is 9.85. The van der Waals surface area contributed by atoms with Crippen molar-refractivity contribution >= 4 is 0 Å². The molecule has 6 nitrogen and oxygen atoms in total. The average Bonchev–Trinajstić information content (AvgIpc) is 2.21. The Bertz CT molecular complexity index is 110. The number of hydrogen-bond acceptors (Lipinski definition) is 6. The van der Waals surface area contributed by atoms with Crippen LogP contribution < -0.4 is 33.2 Å². The van der Waals surface area contributed by atoms with Gasteiger partial charge in [-0.15, -0.1) is 0 Å². The van der Waals surface area contributed by atoms with Crippen molar-refractivity contribution in [3.63, 3.8) is 0 Å². The smallest absolute Gasteiger partial charge is 0.0673 e. The lowest BCUT2D eigenvalue weighted by atomic mass is 10.4. The maximum atomic E-state index is 5.56. The molecule has 0 aromatic heterocycles. The zero-order valence-electron chi connectivity index (χ0n) is 8.76. The number of hydrogen-bond donors (Lipinski definition) is 6. The van der Waals surface area contributed by atoms with Gasteiger partial charge < -0.3 is 27.8 Å². The van der Waals surface area contributed by atoms with Crippen LogP contribution in [-0.2, 0) is 0 Å². The Morgan fingerprint density at radius 1 is 0.857 bits per heavy atom. The molecule has 0 heterocycles. The van der Waals surface area contributed by atoms with Crippen LogP contribution in [0.5, 0.6) is 0 Å². The predicted octanol–water partition coefficient (Wildman–Crippen LogP) is -3.04. The molecule has 0 aromatic carbocycles. The van der Waals surface area contributed by atoms with E-state index in [0.717, 1.165) is 32.7 Å². The van der Waals surface area contributed by atoms with Gasteiger partial charge in [-0.05, 0) is 0 Å². The molecule has 14 heavy (non-hydrogen) atoms. The molecule has 1 atom stereocenters. The van der Waals surface area contributed by atoms with E-state index in [-0.39, 0.29) is 6.17 Å². The van der Waals surface area contributed by atoms with Crippen molar-refractivity contribution in [3.8, 4) is 0 Å². The van der Waals surface area contributed by atoms with Crippen LogP contribution in [-0.4, -0.2) is 52.0 Å². The number of rotatable bonds is 10. The summed E-state index contributed by atoms with van der Waals surface area (Å²) < 4.78 is 0. The summed E-state index contributed by atoms with van der Waals surface area (Å²) in [5.74, 6) is 0. The van der Waals surface area contributed by atoms with Crippen LogP contribution in [0, 0.1) is 0 Å². The molecule has 0 aliphatic rings. The lowest BCUT2D eigenvalue weighted by Gasteiger charge is -2.11. The molecule has 6 heteroatoms. The minimum atomic E-state index is -0.0906. The average molecular weight is 204 g/mol. The first-order valence-electron chi connectivity index (χ1n) is 5.11. The van der Waals surface area contributed by atoms with Gasteiger partial charge in [0.25, 0.3) is 0 Å². The van der Waals surface area contributed by atoms with E-state index >= 15 is 0 Å². The molecule has 0 saturated carbocycles. The highest BCUT2D eigenvalue weighted by atomic mass is 15.1. The lowest BCUT2D eigenvalue weighted by Crippen LogP contribution is -2.46. The maximum absolute atomic E-state index is 5.56. The van der Waals surface area contributed by atoms with Gasteiger partial charge in [0, 0.05) is 45.8 Å². The third-order valence-electron chi connectivity index (χ3n) is 1.76. The molecule has 0 rings (SSSR count). The summed E-state index contributed by atoms with van der Waals surface area (Å²) in [5, 5.41) is 9.54. The second-order valence-electron chi connectivity index (χ2n) is 3.08. The molecule has 0 amide bonds. The number of nitrogens with two attached hydrogens (primary N) is 3. The molecule has 86 valence electrons. The van der Waals surface area contributed by atoms with E-state index in [9.17, 15) is 0 Å². The van der Waals surface area contributed by atoms with E-state index < -0.39 is 0 Å². The fourth-order valence-corrected chi connectivity index (χ4v) is 0.958. The Morgan fingerprint density at radius 2 is 1.43 bits per heavy atom. The lowest BCUT2D eigenvalue weighted by molar-refractivity contribution is 0.514. The second-order valence-corrected chi connectivity index (χ2v) is 3.08. The Kier molecular flexibility index (Phi) is 10.7. The zero-order chi connectivity index (χ0) is 10.6. The first-order valence-corrected chi connectivity index (χ1v) is 5.11. The van der Waals surface area contributed by atoms with E-state index in [1.807, 2.05) is 0 Å². The minimum Gasteiger partial charge on any atom is -0.329 e. The molecule has 0 fully saturated rings. The van der Waals surface area contributed by atoms with Gasteiger partial charge in [0.1, 0.15) is 0 Å². The third-order valence-corrected chi connectivity index (χ3v) is 1.76. The van der Waals surface area contributed by atoms with Crippen molar-refractivity contribution in [2.24, 2.45) is 17.2 Å². The Morgan fingerprint density at radius 3 is 2.00 bits per heavy atom. The SMILES string of the molecule is NCCNCCNCCNC(N)CN. The molecule has 0 spiro atoms. The fourth-order valence-electron chi connectivity index (χ4n) is 0.958. The molecule has 0 bridgehead atoms. The van der Waals surface area contributed by atoms with Gasteiger partial charge in [-0.3, -0.25) is 5.32 Å². The van der Waals surface area contributed by atoms with E-state index in [4.69, 9.17) is 17.2 Å². The van der Waals surface area contributed by atoms with Crippen molar-refractivity contribution in [1.82, 2.24) is 16.0 Å². The van der Waals surface area contributed by atoms with E-state index in [2.05, 4.69) is 16.0 Å². The van der Waals surface area contributed by atoms with Crippen LogP contribution in [0.1, 0.15) is 0 Å². The molecule has 0 aliphatic heterocycles. The topological polar surface area (TPSA) is 114 Å². The summed E-state index contributed by atoms with van der Waals surface area (Å²) in [6.45, 7) is 5.66. The molecular weight excluding hydrogens is 180 g/mol. The first-order chi connectivity index (χ1) is 6.81. The highest BCUT2D eigenvalue weighted by Crippen LogP contribution is 1.65. The Balaban J connectivity index is 2.92. The first kappa shape index (κ1) is 13.8. The fraction of sp³-hybridized carbons (Fsp3) is 1.00. The molecular formula is C8H24N6. The van der Waals surface area contributed by atoms with Gasteiger partial charge in [0.15, 0.2) is 0 Å². The molecule has 0 aromatic rings. The van der Waals surface area contributed by atoms with Gasteiger partial charge in [-0.25, -0.2) is 0 Å². The largest absolute Gasteiger partial charge is 0.329 e. The van der Waals surface area contributed by atoms with E-state index in [0.29, 0.717) is 13.1 Å². The summed E-state index contributed by atoms with van der Waals surface area (Å²) in [5.41, 5.74) is 16.2. The highest BCUT2D eigenvalue weighted by molar-refractivity contribution is 4.60. The van der Waals surface area contributed by atoms with Crippen LogP contribution in [0.3, 0.4) is 0 Å². The second kappa shape index (κ2) is 10.8. The summed E-state index contributed by atoms with van der Waals surface area (Å²) >= 11 is 0. The Labute approximate surface area is 86.0 Å². The van der Waals surface area contributed by atoms with Gasteiger partial charge >= 0.3 is 0 Å². The normalized spacial score (nSPS) is 13.1. The van der Waals surface area contributed by atoms with Crippen LogP contribution >= 0.6 is 0 Å². The van der Waals surface area contributed by atoms with Crippen molar-refractivity contribution in [2.45, 2.75) is 6.17 Å². The van der Waals surface area contributed by atoms with E-state index in [1.54, 1.807) is 0 Å². The van der Waals surface area contributed by atoms with Crippen molar-refractivity contribution in [1.29, 1.82) is 0 Å². The minimum absolute atomic E-state index is 0.0906. The monoisotopic (exact) mass is 204 g/mol. The molecule has 0 saturated heterocycles. The summed E-state index contributed by atoms with van der Waals surface area (Å²) in [7, 11) is 0. The summed E-state index contributed by atoms with van der Waals surface area (Å²) in [4.78, 5) is 0. The van der Waals surface area contributed by atoms with E-state index in [1.165, 1.54) is 0 Å². The predicted molar refractivity (Wildman–Crippen MR) is 59.8 cm³/mol. The number of nitrogens with one attached hydrogen (secondary N) is 3. The van der Waals surface area contributed by atoms with Crippen LogP contribution in [0.2, 0.25) is 0 Å². The summed E-state index contributed by atoms with van der Waals surface area (Å²) in [6.07, 6.45) is -0.0906. The van der Waals surface area contributed by atoms with Crippen LogP contribution in [0.25, 0.3) is 0 Å². The molecule has 9 N–H and O–H groups in total. The molecule has 0 radical (unpaired) electrons. The Hall–Kier alpha value is -0.240. The summed E-state index contributed by atoms with van der Waals surface area (Å²) in [6, 6.07) is 0. The van der Waals surface area contributed by atoms with Crippen molar-refractivity contribution in [3.05, 3.63) is 0 Å². The quantitative estimate of drug-likeness (QED) is 0.166. The van der Waals surface area contributed by atoms with Crippen molar-refractivity contribution in [2.75, 3.05) is 45.8 Å². The van der Waals surface area contributed by atoms with Gasteiger partial charge in [0.2, 0.25) is 0 Å². The van der Waals surface area contributed by atoms with Crippen LogP contribution in [0.4, 0.5) is 0 Å². The van der Waals surface area contributed by atoms with Crippen LogP contribution in [0.15, 0.2) is 0 Å². The zero-order valence-corrected chi connectivity index (χ0v) is 8.76. The van der Waals surface area contributed by atoms with Crippen molar-refractivity contribution < 1.29 is 0 Å². The molecule has 1 unspecified atom stereocenters. The maximum Gasteiger partial charge on any atom is 0.0673 e. The standard InChI is InChI=1S/C8H24N6/c9-1-2-12-3-4-13-5-6-14-8(11)7-10/h8,12-14H,1-7,9-11H2. The van der Waals surface area contributed by atoms with Gasteiger partial charge in [-0.1, -0.05) is 0 Å². The highest BCUT2D eigenvalue weighted by Gasteiger charge is 1.95. The molecule has 0 aliphatic carbocycles. The van der Waals surface area contributed by atoms with Gasteiger partial charge in [0.05, 0.1) is 6.17 Å². The van der Waals surface area contributed by atoms with Gasteiger partial charge in [-0.2, -0.15) is 0 Å².